The van der Waals surface area contributed by atoms with Crippen molar-refractivity contribution < 1.29 is 9.59 Å². The van der Waals surface area contributed by atoms with Gasteiger partial charge in [0.15, 0.2) is 0 Å². The Balaban J connectivity index is 1.99. The van der Waals surface area contributed by atoms with Crippen molar-refractivity contribution in [3.05, 3.63) is 29.3 Å². The van der Waals surface area contributed by atoms with Crippen LogP contribution in [0.2, 0.25) is 5.02 Å². The van der Waals surface area contributed by atoms with E-state index in [1.54, 1.807) is 11.0 Å². The predicted octanol–water partition coefficient (Wildman–Crippen LogP) is 2.75. The first kappa shape index (κ1) is 14.9. The first-order chi connectivity index (χ1) is 9.63. The van der Waals surface area contributed by atoms with E-state index in [-0.39, 0.29) is 11.8 Å². The SMILES string of the molecule is CCCCC(=O)N[C@@H]1CCN(c2ccccc2Cl)C1=O. The zero-order valence-electron chi connectivity index (χ0n) is 11.6. The molecule has 5 heteroatoms. The molecular weight excluding hydrogens is 276 g/mol. The molecule has 0 bridgehead atoms. The summed E-state index contributed by atoms with van der Waals surface area (Å²) in [6, 6.07) is 6.84. The molecule has 2 rings (SSSR count). The van der Waals surface area contributed by atoms with Crippen LogP contribution in [0.25, 0.3) is 0 Å². The largest absolute Gasteiger partial charge is 0.344 e. The Kier molecular flexibility index (Phi) is 5.01. The van der Waals surface area contributed by atoms with Crippen LogP contribution < -0.4 is 10.2 Å². The van der Waals surface area contributed by atoms with Gasteiger partial charge in [0, 0.05) is 13.0 Å². The van der Waals surface area contributed by atoms with Crippen LogP contribution in [0.4, 0.5) is 5.69 Å². The van der Waals surface area contributed by atoms with Gasteiger partial charge in [-0.05, 0) is 25.0 Å². The van der Waals surface area contributed by atoms with E-state index in [9.17, 15) is 9.59 Å². The molecule has 0 unspecified atom stereocenters. The molecule has 0 saturated carbocycles. The number of anilines is 1. The van der Waals surface area contributed by atoms with Crippen LogP contribution in [-0.2, 0) is 9.59 Å². The van der Waals surface area contributed by atoms with E-state index in [1.165, 1.54) is 0 Å². The average Bonchev–Trinajstić information content (AvgIpc) is 2.79. The number of para-hydroxylation sites is 1. The van der Waals surface area contributed by atoms with E-state index in [0.29, 0.717) is 30.1 Å². The van der Waals surface area contributed by atoms with Crippen LogP contribution in [0.1, 0.15) is 32.6 Å². The van der Waals surface area contributed by atoms with Crippen molar-refractivity contribution in [3.8, 4) is 0 Å². The van der Waals surface area contributed by atoms with Crippen molar-refractivity contribution in [3.63, 3.8) is 0 Å². The molecule has 1 fully saturated rings. The minimum Gasteiger partial charge on any atom is -0.344 e. The van der Waals surface area contributed by atoms with Gasteiger partial charge >= 0.3 is 0 Å². The van der Waals surface area contributed by atoms with Crippen LogP contribution in [0.15, 0.2) is 24.3 Å². The zero-order chi connectivity index (χ0) is 14.5. The number of nitrogens with one attached hydrogen (secondary N) is 1. The van der Waals surface area contributed by atoms with E-state index in [1.807, 2.05) is 25.1 Å². The van der Waals surface area contributed by atoms with Crippen LogP contribution >= 0.6 is 11.6 Å². The van der Waals surface area contributed by atoms with Crippen molar-refractivity contribution in [1.82, 2.24) is 5.32 Å². The van der Waals surface area contributed by atoms with E-state index in [2.05, 4.69) is 5.32 Å². The fourth-order valence-electron chi connectivity index (χ4n) is 2.33. The monoisotopic (exact) mass is 294 g/mol. The highest BCUT2D eigenvalue weighted by Crippen LogP contribution is 2.28. The second-order valence-electron chi connectivity index (χ2n) is 4.95. The highest BCUT2D eigenvalue weighted by Gasteiger charge is 2.34. The lowest BCUT2D eigenvalue weighted by Crippen LogP contribution is -2.41. The minimum absolute atomic E-state index is 0.0498. The van der Waals surface area contributed by atoms with Gasteiger partial charge < -0.3 is 10.2 Å². The summed E-state index contributed by atoms with van der Waals surface area (Å²) in [6.07, 6.45) is 2.92. The van der Waals surface area contributed by atoms with E-state index < -0.39 is 6.04 Å². The first-order valence-corrected chi connectivity index (χ1v) is 7.36. The van der Waals surface area contributed by atoms with Gasteiger partial charge in [0.1, 0.15) is 6.04 Å². The number of carbonyl (C=O) groups excluding carboxylic acids is 2. The lowest BCUT2D eigenvalue weighted by Gasteiger charge is -2.18. The quantitative estimate of drug-likeness (QED) is 0.908. The number of halogens is 1. The fourth-order valence-corrected chi connectivity index (χ4v) is 2.57. The summed E-state index contributed by atoms with van der Waals surface area (Å²) in [4.78, 5) is 25.7. The molecule has 1 aromatic carbocycles. The van der Waals surface area contributed by atoms with Crippen LogP contribution in [0.5, 0.6) is 0 Å². The van der Waals surface area contributed by atoms with Crippen molar-refractivity contribution in [2.45, 2.75) is 38.6 Å². The molecule has 20 heavy (non-hydrogen) atoms. The van der Waals surface area contributed by atoms with Gasteiger partial charge in [-0.2, -0.15) is 0 Å². The lowest BCUT2D eigenvalue weighted by atomic mass is 10.2. The number of hydrogen-bond donors (Lipinski definition) is 1. The fraction of sp³-hybridized carbons (Fsp3) is 0.467. The number of benzene rings is 1. The molecule has 1 heterocycles. The van der Waals surface area contributed by atoms with E-state index >= 15 is 0 Å². The zero-order valence-corrected chi connectivity index (χ0v) is 12.3. The van der Waals surface area contributed by atoms with Crippen molar-refractivity contribution >= 4 is 29.1 Å². The number of rotatable bonds is 5. The molecule has 1 aliphatic heterocycles. The Morgan fingerprint density at radius 2 is 2.20 bits per heavy atom. The summed E-state index contributed by atoms with van der Waals surface area (Å²) in [5.74, 6) is -0.130. The van der Waals surface area contributed by atoms with Crippen LogP contribution in [0, 0.1) is 0 Å². The molecule has 1 saturated heterocycles. The molecular formula is C15H19ClN2O2. The maximum absolute atomic E-state index is 12.3. The van der Waals surface area contributed by atoms with Crippen LogP contribution in [-0.4, -0.2) is 24.4 Å². The van der Waals surface area contributed by atoms with E-state index in [4.69, 9.17) is 11.6 Å². The molecule has 0 aliphatic carbocycles. The highest BCUT2D eigenvalue weighted by molar-refractivity contribution is 6.34. The molecule has 0 radical (unpaired) electrons. The Hall–Kier alpha value is -1.55. The summed E-state index contributed by atoms with van der Waals surface area (Å²) in [6.45, 7) is 2.62. The molecule has 1 atom stereocenters. The van der Waals surface area contributed by atoms with E-state index in [0.717, 1.165) is 12.8 Å². The van der Waals surface area contributed by atoms with Crippen molar-refractivity contribution in [1.29, 1.82) is 0 Å². The molecule has 1 N–H and O–H groups in total. The molecule has 2 amide bonds. The topological polar surface area (TPSA) is 49.4 Å². The summed E-state index contributed by atoms with van der Waals surface area (Å²) < 4.78 is 0. The molecule has 1 aromatic rings. The number of nitrogens with zero attached hydrogens (tertiary/aromatic N) is 1. The van der Waals surface area contributed by atoms with Crippen molar-refractivity contribution in [2.75, 3.05) is 11.4 Å². The number of hydrogen-bond acceptors (Lipinski definition) is 2. The summed E-state index contributed by atoms with van der Waals surface area (Å²) in [7, 11) is 0. The third-order valence-electron chi connectivity index (χ3n) is 3.44. The molecule has 1 aliphatic rings. The second kappa shape index (κ2) is 6.75. The Labute approximate surface area is 124 Å². The highest BCUT2D eigenvalue weighted by atomic mass is 35.5. The maximum Gasteiger partial charge on any atom is 0.249 e. The van der Waals surface area contributed by atoms with Gasteiger partial charge in [0.25, 0.3) is 0 Å². The number of carbonyl (C=O) groups is 2. The normalized spacial score (nSPS) is 18.4. The van der Waals surface area contributed by atoms with Gasteiger partial charge in [-0.1, -0.05) is 37.1 Å². The summed E-state index contributed by atoms with van der Waals surface area (Å²) >= 11 is 6.11. The molecule has 4 nitrogen and oxygen atoms in total. The lowest BCUT2D eigenvalue weighted by molar-refractivity contribution is -0.126. The second-order valence-corrected chi connectivity index (χ2v) is 5.36. The van der Waals surface area contributed by atoms with Crippen LogP contribution in [0.3, 0.4) is 0 Å². The Bertz CT molecular complexity index is 504. The first-order valence-electron chi connectivity index (χ1n) is 6.98. The number of unbranched alkanes of at least 4 members (excludes halogenated alkanes) is 1. The summed E-state index contributed by atoms with van der Waals surface area (Å²) in [5.41, 5.74) is 0.712. The number of amides is 2. The third kappa shape index (κ3) is 3.31. The average molecular weight is 295 g/mol. The van der Waals surface area contributed by atoms with Crippen molar-refractivity contribution in [2.24, 2.45) is 0 Å². The van der Waals surface area contributed by atoms with Gasteiger partial charge in [-0.3, -0.25) is 9.59 Å². The predicted molar refractivity (Wildman–Crippen MR) is 79.9 cm³/mol. The third-order valence-corrected chi connectivity index (χ3v) is 3.76. The molecule has 0 spiro atoms. The molecule has 0 aromatic heterocycles. The van der Waals surface area contributed by atoms with Gasteiger partial charge in [0.2, 0.25) is 11.8 Å². The molecule has 108 valence electrons. The Morgan fingerprint density at radius 3 is 2.90 bits per heavy atom. The smallest absolute Gasteiger partial charge is 0.249 e. The van der Waals surface area contributed by atoms with Gasteiger partial charge in [-0.25, -0.2) is 0 Å². The standard InChI is InChI=1S/C15H19ClN2O2/c1-2-3-8-14(19)17-12-9-10-18(15(12)20)13-7-5-4-6-11(13)16/h4-7,12H,2-3,8-10H2,1H3,(H,17,19)/t12-/m1/s1. The maximum atomic E-state index is 12.3. The minimum atomic E-state index is -0.421. The van der Waals surface area contributed by atoms with Gasteiger partial charge in [0.05, 0.1) is 10.7 Å². The van der Waals surface area contributed by atoms with Gasteiger partial charge in [-0.15, -0.1) is 0 Å². The Morgan fingerprint density at radius 1 is 1.45 bits per heavy atom. The summed E-state index contributed by atoms with van der Waals surface area (Å²) in [5, 5.41) is 3.36.